The van der Waals surface area contributed by atoms with Gasteiger partial charge in [0.2, 0.25) is 5.91 Å². The average Bonchev–Trinajstić information content (AvgIpc) is 2.70. The number of likely N-dealkylation sites (tertiary alicyclic amines) is 2. The molecule has 0 aromatic carbocycles. The molecule has 4 nitrogen and oxygen atoms in total. The van der Waals surface area contributed by atoms with Crippen LogP contribution < -0.4 is 5.32 Å². The molecule has 2 aliphatic rings. The summed E-state index contributed by atoms with van der Waals surface area (Å²) in [6.07, 6.45) is 6.04. The first-order valence-corrected chi connectivity index (χ1v) is 8.31. The monoisotopic (exact) mass is 281 g/mol. The lowest BCUT2D eigenvalue weighted by atomic mass is 9.93. The SMILES string of the molecule is CC(NC1CCN(C)CC1C)C(=O)N1CCCCCC1. The van der Waals surface area contributed by atoms with E-state index in [0.717, 1.165) is 32.6 Å². The molecular formula is C16H31N3O. The zero-order valence-corrected chi connectivity index (χ0v) is 13.4. The molecule has 0 radical (unpaired) electrons. The molecule has 2 saturated heterocycles. The quantitative estimate of drug-likeness (QED) is 0.855. The largest absolute Gasteiger partial charge is 0.341 e. The first kappa shape index (κ1) is 15.8. The summed E-state index contributed by atoms with van der Waals surface area (Å²) in [6, 6.07) is 0.445. The summed E-state index contributed by atoms with van der Waals surface area (Å²) in [5.74, 6) is 0.922. The van der Waals surface area contributed by atoms with Gasteiger partial charge in [-0.25, -0.2) is 0 Å². The van der Waals surface area contributed by atoms with E-state index in [0.29, 0.717) is 17.9 Å². The molecular weight excluding hydrogens is 250 g/mol. The van der Waals surface area contributed by atoms with Crippen molar-refractivity contribution in [3.05, 3.63) is 0 Å². The van der Waals surface area contributed by atoms with Gasteiger partial charge in [0, 0.05) is 25.7 Å². The predicted octanol–water partition coefficient (Wildman–Crippen LogP) is 1.71. The fourth-order valence-corrected chi connectivity index (χ4v) is 3.56. The molecule has 2 fully saturated rings. The van der Waals surface area contributed by atoms with Gasteiger partial charge in [0.05, 0.1) is 6.04 Å². The van der Waals surface area contributed by atoms with Crippen molar-refractivity contribution in [2.45, 2.75) is 58.0 Å². The lowest BCUT2D eigenvalue weighted by molar-refractivity contribution is -0.133. The fraction of sp³-hybridized carbons (Fsp3) is 0.938. The second kappa shape index (κ2) is 7.41. The van der Waals surface area contributed by atoms with E-state index in [9.17, 15) is 4.79 Å². The zero-order chi connectivity index (χ0) is 14.5. The van der Waals surface area contributed by atoms with Gasteiger partial charge in [-0.05, 0) is 45.7 Å². The lowest BCUT2D eigenvalue weighted by Crippen LogP contribution is -2.54. The highest BCUT2D eigenvalue weighted by Gasteiger charge is 2.28. The third-order valence-corrected chi connectivity index (χ3v) is 4.86. The standard InChI is InChI=1S/C16H31N3O/c1-13-12-18(3)11-8-15(13)17-14(2)16(20)19-9-6-4-5-7-10-19/h13-15,17H,4-12H2,1-3H3. The van der Waals surface area contributed by atoms with Crippen molar-refractivity contribution in [1.82, 2.24) is 15.1 Å². The molecule has 2 aliphatic heterocycles. The molecule has 3 atom stereocenters. The Bertz CT molecular complexity index is 313. The third-order valence-electron chi connectivity index (χ3n) is 4.86. The van der Waals surface area contributed by atoms with Crippen molar-refractivity contribution >= 4 is 5.91 Å². The molecule has 20 heavy (non-hydrogen) atoms. The number of carbonyl (C=O) groups excluding carboxylic acids is 1. The second-order valence-corrected chi connectivity index (χ2v) is 6.76. The van der Waals surface area contributed by atoms with Gasteiger partial charge >= 0.3 is 0 Å². The van der Waals surface area contributed by atoms with Gasteiger partial charge in [-0.2, -0.15) is 0 Å². The molecule has 0 aliphatic carbocycles. The number of carbonyl (C=O) groups is 1. The van der Waals surface area contributed by atoms with Crippen molar-refractivity contribution in [2.75, 3.05) is 33.2 Å². The van der Waals surface area contributed by atoms with E-state index in [4.69, 9.17) is 0 Å². The normalized spacial score (nSPS) is 30.9. The second-order valence-electron chi connectivity index (χ2n) is 6.76. The Labute approximate surface area is 123 Å². The summed E-state index contributed by atoms with van der Waals surface area (Å²) < 4.78 is 0. The van der Waals surface area contributed by atoms with Gasteiger partial charge in [0.1, 0.15) is 0 Å². The van der Waals surface area contributed by atoms with Crippen LogP contribution >= 0.6 is 0 Å². The Morgan fingerprint density at radius 3 is 2.40 bits per heavy atom. The van der Waals surface area contributed by atoms with Crippen LogP contribution in [0.1, 0.15) is 46.0 Å². The Morgan fingerprint density at radius 2 is 1.80 bits per heavy atom. The minimum absolute atomic E-state index is 0.0380. The summed E-state index contributed by atoms with van der Waals surface area (Å²) in [5, 5.41) is 3.59. The highest BCUT2D eigenvalue weighted by Crippen LogP contribution is 2.17. The minimum atomic E-state index is -0.0380. The average molecular weight is 281 g/mol. The van der Waals surface area contributed by atoms with E-state index in [1.165, 1.54) is 25.7 Å². The van der Waals surface area contributed by atoms with E-state index < -0.39 is 0 Å². The maximum Gasteiger partial charge on any atom is 0.239 e. The molecule has 4 heteroatoms. The van der Waals surface area contributed by atoms with Gasteiger partial charge in [0.25, 0.3) is 0 Å². The molecule has 2 rings (SSSR count). The number of nitrogens with zero attached hydrogens (tertiary/aromatic N) is 2. The molecule has 0 spiro atoms. The number of piperidine rings is 1. The number of hydrogen-bond donors (Lipinski definition) is 1. The molecule has 116 valence electrons. The van der Waals surface area contributed by atoms with Crippen LogP contribution in [0.15, 0.2) is 0 Å². The van der Waals surface area contributed by atoms with E-state index in [1.807, 2.05) is 6.92 Å². The highest BCUT2D eigenvalue weighted by molar-refractivity contribution is 5.81. The Kier molecular flexibility index (Phi) is 5.85. The predicted molar refractivity (Wildman–Crippen MR) is 82.7 cm³/mol. The van der Waals surface area contributed by atoms with Crippen LogP contribution in [-0.2, 0) is 4.79 Å². The van der Waals surface area contributed by atoms with Crippen LogP contribution in [0.2, 0.25) is 0 Å². The first-order valence-electron chi connectivity index (χ1n) is 8.31. The van der Waals surface area contributed by atoms with Crippen molar-refractivity contribution in [3.63, 3.8) is 0 Å². The van der Waals surface area contributed by atoms with Crippen LogP contribution in [0.5, 0.6) is 0 Å². The highest BCUT2D eigenvalue weighted by atomic mass is 16.2. The van der Waals surface area contributed by atoms with E-state index in [1.54, 1.807) is 0 Å². The third kappa shape index (κ3) is 4.19. The maximum atomic E-state index is 12.5. The number of hydrogen-bond acceptors (Lipinski definition) is 3. The van der Waals surface area contributed by atoms with Crippen LogP contribution in [0.4, 0.5) is 0 Å². The summed E-state index contributed by atoms with van der Waals surface area (Å²) in [5.41, 5.74) is 0. The van der Waals surface area contributed by atoms with E-state index >= 15 is 0 Å². The van der Waals surface area contributed by atoms with Gasteiger partial charge in [-0.3, -0.25) is 4.79 Å². The van der Waals surface area contributed by atoms with E-state index in [-0.39, 0.29) is 6.04 Å². The summed E-state index contributed by atoms with van der Waals surface area (Å²) in [7, 11) is 2.18. The van der Waals surface area contributed by atoms with Crippen LogP contribution in [-0.4, -0.2) is 61.0 Å². The van der Waals surface area contributed by atoms with Gasteiger partial charge in [-0.15, -0.1) is 0 Å². The van der Waals surface area contributed by atoms with Crippen molar-refractivity contribution in [3.8, 4) is 0 Å². The Balaban J connectivity index is 1.83. The maximum absolute atomic E-state index is 12.5. The minimum Gasteiger partial charge on any atom is -0.341 e. The summed E-state index contributed by atoms with van der Waals surface area (Å²) in [6.45, 7) is 8.49. The lowest BCUT2D eigenvalue weighted by Gasteiger charge is -2.37. The summed E-state index contributed by atoms with van der Waals surface area (Å²) >= 11 is 0. The Morgan fingerprint density at radius 1 is 1.15 bits per heavy atom. The van der Waals surface area contributed by atoms with Crippen molar-refractivity contribution in [1.29, 1.82) is 0 Å². The molecule has 0 aromatic heterocycles. The first-order chi connectivity index (χ1) is 9.58. The molecule has 0 bridgehead atoms. The van der Waals surface area contributed by atoms with Crippen molar-refractivity contribution in [2.24, 2.45) is 5.92 Å². The molecule has 0 saturated carbocycles. The van der Waals surface area contributed by atoms with Crippen LogP contribution in [0.3, 0.4) is 0 Å². The zero-order valence-electron chi connectivity index (χ0n) is 13.4. The van der Waals surface area contributed by atoms with Gasteiger partial charge in [0.15, 0.2) is 0 Å². The number of rotatable bonds is 3. The summed E-state index contributed by atoms with van der Waals surface area (Å²) in [4.78, 5) is 17.0. The van der Waals surface area contributed by atoms with E-state index in [2.05, 4.69) is 29.1 Å². The van der Waals surface area contributed by atoms with Crippen molar-refractivity contribution < 1.29 is 4.79 Å². The van der Waals surface area contributed by atoms with Gasteiger partial charge in [-0.1, -0.05) is 19.8 Å². The smallest absolute Gasteiger partial charge is 0.239 e. The van der Waals surface area contributed by atoms with Crippen LogP contribution in [0.25, 0.3) is 0 Å². The molecule has 3 unspecified atom stereocenters. The molecule has 0 aromatic rings. The topological polar surface area (TPSA) is 35.6 Å². The number of amides is 1. The fourth-order valence-electron chi connectivity index (χ4n) is 3.56. The molecule has 2 heterocycles. The van der Waals surface area contributed by atoms with Gasteiger partial charge < -0.3 is 15.1 Å². The molecule has 1 N–H and O–H groups in total. The number of nitrogens with one attached hydrogen (secondary N) is 1. The van der Waals surface area contributed by atoms with Crippen LogP contribution in [0, 0.1) is 5.92 Å². The molecule has 1 amide bonds. The Hall–Kier alpha value is -0.610.